The largest absolute Gasteiger partial charge is 4.00 e. The maximum absolute atomic E-state index is 10.7. The molecule has 12 heteroatoms. The topological polar surface area (TPSA) is 28.5 Å². The summed E-state index contributed by atoms with van der Waals surface area (Å²) in [5.74, 6) is 0. The van der Waals surface area contributed by atoms with Crippen LogP contribution in [0.25, 0.3) is 11.1 Å². The first-order valence-electron chi connectivity index (χ1n) is 10.6. The van der Waals surface area contributed by atoms with Crippen LogP contribution in [0.15, 0.2) is 114 Å². The van der Waals surface area contributed by atoms with E-state index in [0.29, 0.717) is 0 Å². The summed E-state index contributed by atoms with van der Waals surface area (Å²) in [4.78, 5) is 10.6. The smallest absolute Gasteiger partial charge is 1.00 e. The van der Waals surface area contributed by atoms with E-state index in [1.807, 2.05) is 68.7 Å². The molecule has 1 heterocycles. The normalized spacial score (nSPS) is 12.1. The van der Waals surface area contributed by atoms with Gasteiger partial charge in [0.1, 0.15) is 0 Å². The molecule has 3 aromatic carbocycles. The number of halogens is 7. The molecule has 38 heavy (non-hydrogen) atoms. The third kappa shape index (κ3) is 17.6. The van der Waals surface area contributed by atoms with Gasteiger partial charge in [0.2, 0.25) is 0 Å². The fourth-order valence-corrected chi connectivity index (χ4v) is 2.69. The van der Waals surface area contributed by atoms with Crippen LogP contribution in [0.4, 0.5) is 36.6 Å². The number of hydrogen-bond acceptors (Lipinski definition) is 3. The fourth-order valence-electron chi connectivity index (χ4n) is 2.69. The summed E-state index contributed by atoms with van der Waals surface area (Å²) >= 11 is 0. The third-order valence-corrected chi connectivity index (χ3v) is 4.28. The zero-order chi connectivity index (χ0) is 26.7. The Balaban J connectivity index is 0.000000574. The van der Waals surface area contributed by atoms with Crippen molar-refractivity contribution in [3.8, 4) is 11.1 Å². The maximum atomic E-state index is 9.87. The number of nitrogens with zero attached hydrogens (tertiary/aromatic N) is 3. The summed E-state index contributed by atoms with van der Waals surface area (Å²) < 4.78 is 59.2. The summed E-state index contributed by atoms with van der Waals surface area (Å²) in [6, 6.07) is 34.6. The van der Waals surface area contributed by atoms with Crippen molar-refractivity contribution < 1.29 is 57.4 Å². The quantitative estimate of drug-likeness (QED) is 0.133. The van der Waals surface area contributed by atoms with Gasteiger partial charge in [0.05, 0.1) is 17.6 Å². The Labute approximate surface area is 237 Å². The molecular formula is C26H25ClF6N3OsP+2. The van der Waals surface area contributed by atoms with E-state index in [1.165, 1.54) is 16.8 Å². The van der Waals surface area contributed by atoms with Crippen LogP contribution in [0.2, 0.25) is 0 Å². The van der Waals surface area contributed by atoms with E-state index in [0.717, 1.165) is 11.4 Å². The van der Waals surface area contributed by atoms with E-state index in [4.69, 9.17) is 0 Å². The number of hydrogen-bond donors (Lipinski definition) is 0. The average molecular weight is 750 g/mol. The summed E-state index contributed by atoms with van der Waals surface area (Å²) in [7, 11) is -6.62. The van der Waals surface area contributed by atoms with Gasteiger partial charge in [0.25, 0.3) is 0 Å². The number of aromatic nitrogens is 1. The molecule has 4 aromatic rings. The fraction of sp³-hybridized carbons (Fsp3) is 0.0769. The van der Waals surface area contributed by atoms with Crippen molar-refractivity contribution >= 4 is 25.4 Å². The second-order valence-corrected chi connectivity index (χ2v) is 9.53. The van der Waals surface area contributed by atoms with E-state index in [2.05, 4.69) is 63.4 Å². The molecule has 0 spiro atoms. The molecule has 0 saturated heterocycles. The van der Waals surface area contributed by atoms with Crippen molar-refractivity contribution in [2.45, 2.75) is 0 Å². The van der Waals surface area contributed by atoms with Gasteiger partial charge in [0, 0.05) is 26.0 Å². The van der Waals surface area contributed by atoms with Gasteiger partial charge in [-0.1, -0.05) is 66.7 Å². The van der Waals surface area contributed by atoms with Gasteiger partial charge in [-0.15, -0.1) is 0 Å². The second kappa shape index (κ2) is 14.4. The van der Waals surface area contributed by atoms with Gasteiger partial charge in [-0.3, -0.25) is 9.98 Å². The van der Waals surface area contributed by atoms with Crippen molar-refractivity contribution in [3.63, 3.8) is 0 Å². The molecule has 0 radical (unpaired) electrons. The van der Waals surface area contributed by atoms with Gasteiger partial charge in [-0.25, -0.2) is 0 Å². The first-order valence-corrected chi connectivity index (χ1v) is 12.6. The number of aliphatic imine (C=N–C) groups is 1. The predicted molar refractivity (Wildman–Crippen MR) is 138 cm³/mol. The van der Waals surface area contributed by atoms with Crippen molar-refractivity contribution in [3.05, 3.63) is 115 Å². The summed E-state index contributed by atoms with van der Waals surface area (Å²) in [6.07, 6.45) is 3.53. The van der Waals surface area contributed by atoms with Crippen molar-refractivity contribution in [2.75, 3.05) is 19.0 Å². The van der Waals surface area contributed by atoms with Gasteiger partial charge >= 0.3 is 52.8 Å². The molecule has 0 bridgehead atoms. The van der Waals surface area contributed by atoms with E-state index < -0.39 is 7.81 Å². The number of rotatable bonds is 4. The van der Waals surface area contributed by atoms with Crippen LogP contribution in [0.5, 0.6) is 0 Å². The minimum absolute atomic E-state index is 0. The Morgan fingerprint density at radius 1 is 0.658 bits per heavy atom. The molecule has 0 unspecified atom stereocenters. The third-order valence-electron chi connectivity index (χ3n) is 4.28. The van der Waals surface area contributed by atoms with Crippen molar-refractivity contribution in [2.24, 2.45) is 4.99 Å². The Morgan fingerprint density at radius 3 is 1.45 bits per heavy atom. The minimum Gasteiger partial charge on any atom is -1.00 e. The SMILES string of the molecule is CN(C)c1ccc(N=Cc2ccccn2)cc1.F[P-](F)(F)(F)(F)F.[Cl-].[Os+4].c1ccc(-c2ccccc2)cc1. The first-order chi connectivity index (χ1) is 16.7. The zero-order valence-electron chi connectivity index (χ0n) is 20.3. The first kappa shape index (κ1) is 35.2. The van der Waals surface area contributed by atoms with Crippen LogP contribution >= 0.6 is 7.81 Å². The molecule has 0 fully saturated rings. The van der Waals surface area contributed by atoms with Crippen LogP contribution in [0.1, 0.15) is 5.69 Å². The minimum atomic E-state index is -10.7. The monoisotopic (exact) mass is 751 g/mol. The van der Waals surface area contributed by atoms with Crippen LogP contribution in [0.3, 0.4) is 0 Å². The van der Waals surface area contributed by atoms with Crippen molar-refractivity contribution in [1.29, 1.82) is 0 Å². The Morgan fingerprint density at radius 2 is 1.08 bits per heavy atom. The molecular weight excluding hydrogens is 725 g/mol. The summed E-state index contributed by atoms with van der Waals surface area (Å²) in [6.45, 7) is 0. The molecule has 0 amide bonds. The van der Waals surface area contributed by atoms with E-state index in [9.17, 15) is 25.2 Å². The Bertz CT molecular complexity index is 1180. The number of anilines is 1. The molecule has 0 saturated carbocycles. The van der Waals surface area contributed by atoms with Gasteiger partial charge in [-0.2, -0.15) is 0 Å². The van der Waals surface area contributed by atoms with Crippen molar-refractivity contribution in [1.82, 2.24) is 4.98 Å². The molecule has 204 valence electrons. The molecule has 1 aromatic heterocycles. The molecule has 4 rings (SSSR count). The standard InChI is InChI=1S/C14H15N3.C12H10.ClH.F6P.Os/c1-17(2)14-8-6-12(7-9-14)16-11-13-5-3-4-10-15-13;1-3-7-11(8-4-1)12-9-5-2-6-10-12;;1-7(2,3,4,5)6;/h3-11H,1-2H3;1-10H;1H;;/q;;;-1;+4/p-1. The number of pyridine rings is 1. The molecule has 3 nitrogen and oxygen atoms in total. The van der Waals surface area contributed by atoms with Crippen LogP contribution in [-0.4, -0.2) is 25.3 Å². The molecule has 0 N–H and O–H groups in total. The summed E-state index contributed by atoms with van der Waals surface area (Å²) in [5.41, 5.74) is 5.52. The van der Waals surface area contributed by atoms with E-state index in [-0.39, 0.29) is 32.2 Å². The zero-order valence-corrected chi connectivity index (χ0v) is 24.4. The van der Waals surface area contributed by atoms with Crippen LogP contribution in [0, 0.1) is 0 Å². The molecule has 0 atom stereocenters. The molecule has 0 aliphatic rings. The van der Waals surface area contributed by atoms with Crippen LogP contribution < -0.4 is 17.3 Å². The summed E-state index contributed by atoms with van der Waals surface area (Å²) in [5, 5.41) is 0. The Hall–Kier alpha value is -2.78. The van der Waals surface area contributed by atoms with E-state index in [1.54, 1.807) is 12.4 Å². The average Bonchev–Trinajstić information content (AvgIpc) is 2.83. The molecule has 0 aliphatic carbocycles. The predicted octanol–water partition coefficient (Wildman–Crippen LogP) is 6.64. The van der Waals surface area contributed by atoms with Gasteiger partial charge in [0.15, 0.2) is 0 Å². The molecule has 0 aliphatic heterocycles. The Kier molecular flexibility index (Phi) is 13.3. The second-order valence-electron chi connectivity index (χ2n) is 7.61. The van der Waals surface area contributed by atoms with Crippen LogP contribution in [-0.2, 0) is 19.8 Å². The van der Waals surface area contributed by atoms with E-state index >= 15 is 0 Å². The van der Waals surface area contributed by atoms with Gasteiger partial charge < -0.3 is 17.3 Å². The van der Waals surface area contributed by atoms with Gasteiger partial charge in [-0.05, 0) is 47.5 Å². The number of benzene rings is 3. The maximum Gasteiger partial charge on any atom is 4.00 e.